The minimum absolute atomic E-state index is 0.317. The van der Waals surface area contributed by atoms with Gasteiger partial charge in [-0.05, 0) is 43.0 Å². The van der Waals surface area contributed by atoms with Gasteiger partial charge in [0, 0.05) is 43.5 Å². The Labute approximate surface area is 132 Å². The van der Waals surface area contributed by atoms with E-state index in [0.29, 0.717) is 24.5 Å². The van der Waals surface area contributed by atoms with Crippen LogP contribution in [0.3, 0.4) is 0 Å². The van der Waals surface area contributed by atoms with Crippen LogP contribution in [0.2, 0.25) is 0 Å². The van der Waals surface area contributed by atoms with Crippen LogP contribution in [0.1, 0.15) is 25.0 Å². The molecule has 1 saturated heterocycles. The van der Waals surface area contributed by atoms with E-state index in [4.69, 9.17) is 0 Å². The van der Waals surface area contributed by atoms with Gasteiger partial charge in [0.05, 0.1) is 0 Å². The summed E-state index contributed by atoms with van der Waals surface area (Å²) in [6.07, 6.45) is 5.12. The van der Waals surface area contributed by atoms with Gasteiger partial charge in [0.15, 0.2) is 0 Å². The van der Waals surface area contributed by atoms with E-state index in [-0.39, 0.29) is 0 Å². The molecule has 1 aromatic heterocycles. The smallest absolute Gasteiger partial charge is 0.139 e. The van der Waals surface area contributed by atoms with Crippen LogP contribution in [0.15, 0.2) is 54.7 Å². The standard InChI is InChI=1S/C19H22N2O/c22-19(15-17-6-4-5-11-20-17)14-16-9-12-21(13-10-16)18-7-2-1-3-8-18/h1-8,11,16H,9-10,12-15H2. The molecular formula is C19H22N2O. The Morgan fingerprint density at radius 2 is 1.77 bits per heavy atom. The summed E-state index contributed by atoms with van der Waals surface area (Å²) < 4.78 is 0. The van der Waals surface area contributed by atoms with Crippen molar-refractivity contribution in [3.05, 3.63) is 60.4 Å². The summed E-state index contributed by atoms with van der Waals surface area (Å²) in [6.45, 7) is 2.09. The first-order valence-electron chi connectivity index (χ1n) is 8.03. The fourth-order valence-corrected chi connectivity index (χ4v) is 3.13. The molecule has 114 valence electrons. The van der Waals surface area contributed by atoms with Crippen LogP contribution < -0.4 is 4.90 Å². The predicted octanol–water partition coefficient (Wildman–Crippen LogP) is 3.50. The van der Waals surface area contributed by atoms with Crippen LogP contribution in [-0.2, 0) is 11.2 Å². The van der Waals surface area contributed by atoms with Gasteiger partial charge in [0.2, 0.25) is 0 Å². The van der Waals surface area contributed by atoms with Crippen LogP contribution in [0, 0.1) is 5.92 Å². The number of carbonyl (C=O) groups excluding carboxylic acids is 1. The summed E-state index contributed by atoms with van der Waals surface area (Å²) in [5.74, 6) is 0.841. The number of hydrogen-bond acceptors (Lipinski definition) is 3. The molecule has 0 N–H and O–H groups in total. The lowest BCUT2D eigenvalue weighted by Gasteiger charge is -2.33. The summed E-state index contributed by atoms with van der Waals surface area (Å²) in [7, 11) is 0. The summed E-state index contributed by atoms with van der Waals surface area (Å²) in [5.41, 5.74) is 2.18. The molecule has 0 amide bonds. The maximum absolute atomic E-state index is 12.2. The Hall–Kier alpha value is -2.16. The van der Waals surface area contributed by atoms with Crippen LogP contribution in [0.5, 0.6) is 0 Å². The van der Waals surface area contributed by atoms with Gasteiger partial charge in [0.25, 0.3) is 0 Å². The van der Waals surface area contributed by atoms with Gasteiger partial charge < -0.3 is 4.90 Å². The number of ketones is 1. The molecule has 1 aliphatic rings. The summed E-state index contributed by atoms with van der Waals surface area (Å²) in [4.78, 5) is 18.8. The lowest BCUT2D eigenvalue weighted by Crippen LogP contribution is -2.34. The average Bonchev–Trinajstić information content (AvgIpc) is 2.57. The molecule has 2 heterocycles. The Kier molecular flexibility index (Phi) is 4.84. The third-order valence-electron chi connectivity index (χ3n) is 4.36. The Bertz CT molecular complexity index is 589. The van der Waals surface area contributed by atoms with Gasteiger partial charge >= 0.3 is 0 Å². The number of aromatic nitrogens is 1. The first-order chi connectivity index (χ1) is 10.8. The van der Waals surface area contributed by atoms with Crippen molar-refractivity contribution in [1.29, 1.82) is 0 Å². The number of anilines is 1. The fourth-order valence-electron chi connectivity index (χ4n) is 3.13. The molecule has 22 heavy (non-hydrogen) atoms. The minimum Gasteiger partial charge on any atom is -0.372 e. The second kappa shape index (κ2) is 7.21. The molecule has 0 spiro atoms. The number of piperidine rings is 1. The number of benzene rings is 1. The number of hydrogen-bond donors (Lipinski definition) is 0. The molecule has 0 aliphatic carbocycles. The highest BCUT2D eigenvalue weighted by Gasteiger charge is 2.21. The zero-order valence-corrected chi connectivity index (χ0v) is 12.8. The van der Waals surface area contributed by atoms with Crippen LogP contribution in [0.25, 0.3) is 0 Å². The highest BCUT2D eigenvalue weighted by molar-refractivity contribution is 5.80. The maximum atomic E-state index is 12.2. The van der Waals surface area contributed by atoms with Crippen LogP contribution in [0.4, 0.5) is 5.69 Å². The summed E-state index contributed by atoms with van der Waals surface area (Å²) >= 11 is 0. The third kappa shape index (κ3) is 3.94. The lowest BCUT2D eigenvalue weighted by molar-refractivity contribution is -0.119. The van der Waals surface area contributed by atoms with Crippen molar-refractivity contribution in [2.45, 2.75) is 25.7 Å². The van der Waals surface area contributed by atoms with E-state index >= 15 is 0 Å². The van der Waals surface area contributed by atoms with Gasteiger partial charge in [-0.3, -0.25) is 9.78 Å². The zero-order chi connectivity index (χ0) is 15.2. The fraction of sp³-hybridized carbons (Fsp3) is 0.368. The molecule has 0 atom stereocenters. The van der Waals surface area contributed by atoms with Crippen LogP contribution in [-0.4, -0.2) is 23.9 Å². The first-order valence-corrected chi connectivity index (χ1v) is 8.03. The summed E-state index contributed by atoms with van der Waals surface area (Å²) in [6, 6.07) is 16.3. The second-order valence-electron chi connectivity index (χ2n) is 6.01. The number of nitrogens with zero attached hydrogens (tertiary/aromatic N) is 2. The van der Waals surface area contributed by atoms with E-state index in [1.54, 1.807) is 6.20 Å². The molecule has 3 heteroatoms. The van der Waals surface area contributed by atoms with E-state index in [9.17, 15) is 4.79 Å². The van der Waals surface area contributed by atoms with E-state index in [0.717, 1.165) is 31.6 Å². The van der Waals surface area contributed by atoms with Gasteiger partial charge in [-0.25, -0.2) is 0 Å². The van der Waals surface area contributed by atoms with Crippen molar-refractivity contribution in [3.63, 3.8) is 0 Å². The summed E-state index contributed by atoms with van der Waals surface area (Å²) in [5, 5.41) is 0. The topological polar surface area (TPSA) is 33.2 Å². The average molecular weight is 294 g/mol. The molecule has 3 rings (SSSR count). The number of rotatable bonds is 5. The minimum atomic E-state index is 0.317. The SMILES string of the molecule is O=C(Cc1ccccn1)CC1CCN(c2ccccc2)CC1. The second-order valence-corrected chi connectivity index (χ2v) is 6.01. The molecule has 3 nitrogen and oxygen atoms in total. The highest BCUT2D eigenvalue weighted by Crippen LogP contribution is 2.25. The lowest BCUT2D eigenvalue weighted by atomic mass is 9.90. The Morgan fingerprint density at radius 1 is 1.05 bits per heavy atom. The van der Waals surface area contributed by atoms with Gasteiger partial charge in [-0.1, -0.05) is 24.3 Å². The molecule has 0 saturated carbocycles. The molecule has 1 fully saturated rings. The van der Waals surface area contributed by atoms with Crippen molar-refractivity contribution in [2.75, 3.05) is 18.0 Å². The third-order valence-corrected chi connectivity index (χ3v) is 4.36. The van der Waals surface area contributed by atoms with E-state index in [1.807, 2.05) is 24.3 Å². The Balaban J connectivity index is 1.47. The van der Waals surface area contributed by atoms with Gasteiger partial charge in [-0.2, -0.15) is 0 Å². The zero-order valence-electron chi connectivity index (χ0n) is 12.8. The molecule has 1 aliphatic heterocycles. The first kappa shape index (κ1) is 14.8. The quantitative estimate of drug-likeness (QED) is 0.846. The van der Waals surface area contributed by atoms with Crippen molar-refractivity contribution in [3.8, 4) is 0 Å². The maximum Gasteiger partial charge on any atom is 0.139 e. The number of para-hydroxylation sites is 1. The van der Waals surface area contributed by atoms with E-state index in [1.165, 1.54) is 5.69 Å². The molecular weight excluding hydrogens is 272 g/mol. The number of carbonyl (C=O) groups is 1. The van der Waals surface area contributed by atoms with E-state index in [2.05, 4.69) is 34.1 Å². The van der Waals surface area contributed by atoms with Crippen molar-refractivity contribution in [1.82, 2.24) is 4.98 Å². The predicted molar refractivity (Wildman–Crippen MR) is 88.9 cm³/mol. The monoisotopic (exact) mass is 294 g/mol. The molecule has 0 unspecified atom stereocenters. The number of Topliss-reactive ketones (excluding diaryl/α,β-unsaturated/α-hetero) is 1. The Morgan fingerprint density at radius 3 is 2.45 bits per heavy atom. The molecule has 2 aromatic rings. The van der Waals surface area contributed by atoms with Gasteiger partial charge in [-0.15, -0.1) is 0 Å². The van der Waals surface area contributed by atoms with Crippen molar-refractivity contribution in [2.24, 2.45) is 5.92 Å². The van der Waals surface area contributed by atoms with Crippen LogP contribution >= 0.6 is 0 Å². The van der Waals surface area contributed by atoms with Crippen molar-refractivity contribution < 1.29 is 4.79 Å². The van der Waals surface area contributed by atoms with Crippen molar-refractivity contribution >= 4 is 11.5 Å². The van der Waals surface area contributed by atoms with E-state index < -0.39 is 0 Å². The molecule has 1 aromatic carbocycles. The molecule has 0 bridgehead atoms. The molecule has 0 radical (unpaired) electrons. The number of pyridine rings is 1. The van der Waals surface area contributed by atoms with Gasteiger partial charge in [0.1, 0.15) is 5.78 Å². The highest BCUT2D eigenvalue weighted by atomic mass is 16.1. The normalized spacial score (nSPS) is 15.7. The largest absolute Gasteiger partial charge is 0.372 e.